The molecular formula is C13H31Cl4N. The molecule has 0 amide bonds. The molecule has 116 valence electrons. The van der Waals surface area contributed by atoms with Gasteiger partial charge in [-0.15, -0.1) is 49.6 Å². The summed E-state index contributed by atoms with van der Waals surface area (Å²) in [7, 11) is 0. The Morgan fingerprint density at radius 1 is 0.333 bits per heavy atom. The second-order valence-electron chi connectivity index (χ2n) is 4.64. The third-order valence-electron chi connectivity index (χ3n) is 3.21. The van der Waals surface area contributed by atoms with Crippen LogP contribution in [0.15, 0.2) is 0 Å². The fraction of sp³-hybridized carbons (Fsp3) is 1.00. The first-order valence-corrected chi connectivity index (χ1v) is 6.71. The van der Waals surface area contributed by atoms with E-state index in [0.717, 1.165) is 0 Å². The van der Waals surface area contributed by atoms with Gasteiger partial charge in [0, 0.05) is 0 Å². The number of hydrogen-bond donors (Lipinski definition) is 1. The van der Waals surface area contributed by atoms with Gasteiger partial charge in [0.05, 0.1) is 0 Å². The molecule has 0 aromatic rings. The van der Waals surface area contributed by atoms with Gasteiger partial charge < -0.3 is 5.32 Å². The molecule has 0 saturated carbocycles. The standard InChI is InChI=1S/C13H27N.4ClH/c1-2-4-6-8-10-12-14-13-11-9-7-5-3-1;;;;/h14H,1-13H2;4*1H. The summed E-state index contributed by atoms with van der Waals surface area (Å²) >= 11 is 0. The molecule has 1 saturated heterocycles. The van der Waals surface area contributed by atoms with Crippen LogP contribution >= 0.6 is 49.6 Å². The van der Waals surface area contributed by atoms with Gasteiger partial charge in [-0.2, -0.15) is 0 Å². The average Bonchev–Trinajstić information content (AvgIpc) is 2.22. The maximum Gasteiger partial charge on any atom is -0.00489 e. The van der Waals surface area contributed by atoms with Gasteiger partial charge in [0.2, 0.25) is 0 Å². The normalized spacial score (nSPS) is 18.7. The monoisotopic (exact) mass is 341 g/mol. The quantitative estimate of drug-likeness (QED) is 0.606. The van der Waals surface area contributed by atoms with Crippen LogP contribution in [0.4, 0.5) is 0 Å². The molecule has 0 aromatic heterocycles. The second kappa shape index (κ2) is 23.2. The topological polar surface area (TPSA) is 12.0 Å². The summed E-state index contributed by atoms with van der Waals surface area (Å²) < 4.78 is 0. The van der Waals surface area contributed by atoms with Crippen LogP contribution in [0.5, 0.6) is 0 Å². The predicted octanol–water partition coefficient (Wildman–Crippen LogP) is 5.57. The van der Waals surface area contributed by atoms with E-state index in [1.165, 1.54) is 83.7 Å². The Kier molecular flexibility index (Phi) is 35.4. The van der Waals surface area contributed by atoms with E-state index in [2.05, 4.69) is 5.32 Å². The number of rotatable bonds is 0. The van der Waals surface area contributed by atoms with Crippen LogP contribution in [-0.4, -0.2) is 13.1 Å². The summed E-state index contributed by atoms with van der Waals surface area (Å²) in [6.07, 6.45) is 16.0. The number of hydrogen-bond acceptors (Lipinski definition) is 1. The number of halogens is 4. The summed E-state index contributed by atoms with van der Waals surface area (Å²) in [5.74, 6) is 0. The molecule has 0 atom stereocenters. The van der Waals surface area contributed by atoms with E-state index in [1.54, 1.807) is 0 Å². The van der Waals surface area contributed by atoms with E-state index >= 15 is 0 Å². The highest BCUT2D eigenvalue weighted by molar-refractivity contribution is 5.86. The van der Waals surface area contributed by atoms with Crippen LogP contribution in [0.2, 0.25) is 0 Å². The van der Waals surface area contributed by atoms with E-state index in [4.69, 9.17) is 0 Å². The Balaban J connectivity index is -0.000000245. The van der Waals surface area contributed by atoms with Gasteiger partial charge in [-0.25, -0.2) is 0 Å². The van der Waals surface area contributed by atoms with Gasteiger partial charge in [-0.3, -0.25) is 0 Å². The first kappa shape index (κ1) is 27.5. The molecule has 1 N–H and O–H groups in total. The lowest BCUT2D eigenvalue weighted by molar-refractivity contribution is 0.511. The Bertz CT molecular complexity index is 72.3. The Labute approximate surface area is 138 Å². The van der Waals surface area contributed by atoms with Crippen molar-refractivity contribution >= 4 is 49.6 Å². The molecule has 0 aromatic carbocycles. The minimum Gasteiger partial charge on any atom is -0.317 e. The maximum absolute atomic E-state index is 3.54. The van der Waals surface area contributed by atoms with Crippen molar-refractivity contribution in [2.45, 2.75) is 70.6 Å². The van der Waals surface area contributed by atoms with Gasteiger partial charge in [0.25, 0.3) is 0 Å². The first-order chi connectivity index (χ1) is 7.00. The average molecular weight is 343 g/mol. The van der Waals surface area contributed by atoms with Crippen molar-refractivity contribution in [1.29, 1.82) is 0 Å². The molecule has 1 aliphatic rings. The lowest BCUT2D eigenvalue weighted by Gasteiger charge is -2.07. The summed E-state index contributed by atoms with van der Waals surface area (Å²) in [5, 5.41) is 3.54. The van der Waals surface area contributed by atoms with Gasteiger partial charge >= 0.3 is 0 Å². The Morgan fingerprint density at radius 2 is 0.556 bits per heavy atom. The highest BCUT2D eigenvalue weighted by atomic mass is 35.5. The van der Waals surface area contributed by atoms with Crippen LogP contribution in [0.1, 0.15) is 70.6 Å². The van der Waals surface area contributed by atoms with Gasteiger partial charge in [0.1, 0.15) is 0 Å². The Morgan fingerprint density at radius 3 is 0.833 bits per heavy atom. The van der Waals surface area contributed by atoms with Gasteiger partial charge in [-0.1, -0.05) is 57.8 Å². The van der Waals surface area contributed by atoms with Gasteiger partial charge in [0.15, 0.2) is 0 Å². The van der Waals surface area contributed by atoms with E-state index in [9.17, 15) is 0 Å². The van der Waals surface area contributed by atoms with Crippen LogP contribution in [-0.2, 0) is 0 Å². The van der Waals surface area contributed by atoms with E-state index < -0.39 is 0 Å². The summed E-state index contributed by atoms with van der Waals surface area (Å²) in [6.45, 7) is 2.50. The largest absolute Gasteiger partial charge is 0.317 e. The summed E-state index contributed by atoms with van der Waals surface area (Å²) in [6, 6.07) is 0. The predicted molar refractivity (Wildman–Crippen MR) is 92.6 cm³/mol. The Hall–Kier alpha value is 1.12. The molecule has 0 radical (unpaired) electrons. The zero-order valence-electron chi connectivity index (χ0n) is 11.3. The molecular weight excluding hydrogens is 312 g/mol. The molecule has 1 fully saturated rings. The molecule has 18 heavy (non-hydrogen) atoms. The minimum atomic E-state index is 0. The van der Waals surface area contributed by atoms with Crippen molar-refractivity contribution in [3.05, 3.63) is 0 Å². The van der Waals surface area contributed by atoms with E-state index in [1.807, 2.05) is 0 Å². The lowest BCUT2D eigenvalue weighted by Crippen LogP contribution is -2.16. The van der Waals surface area contributed by atoms with Crippen LogP contribution in [0.3, 0.4) is 0 Å². The van der Waals surface area contributed by atoms with E-state index in [0.29, 0.717) is 0 Å². The van der Waals surface area contributed by atoms with E-state index in [-0.39, 0.29) is 49.6 Å². The van der Waals surface area contributed by atoms with Crippen molar-refractivity contribution < 1.29 is 0 Å². The van der Waals surface area contributed by atoms with Crippen LogP contribution in [0, 0.1) is 0 Å². The SMILES string of the molecule is C1CCCCCCNCCCCCC1.Cl.Cl.Cl.Cl. The molecule has 1 aliphatic heterocycles. The first-order valence-electron chi connectivity index (χ1n) is 6.71. The van der Waals surface area contributed by atoms with Crippen molar-refractivity contribution in [2.24, 2.45) is 0 Å². The summed E-state index contributed by atoms with van der Waals surface area (Å²) in [4.78, 5) is 0. The molecule has 5 heteroatoms. The van der Waals surface area contributed by atoms with Gasteiger partial charge in [-0.05, 0) is 25.9 Å². The fourth-order valence-electron chi connectivity index (χ4n) is 2.22. The minimum absolute atomic E-state index is 0. The molecule has 1 heterocycles. The highest BCUT2D eigenvalue weighted by Crippen LogP contribution is 2.11. The maximum atomic E-state index is 3.54. The second-order valence-corrected chi connectivity index (χ2v) is 4.64. The zero-order chi connectivity index (χ0) is 9.90. The smallest absolute Gasteiger partial charge is 0.00489 e. The van der Waals surface area contributed by atoms with Crippen LogP contribution < -0.4 is 5.32 Å². The zero-order valence-corrected chi connectivity index (χ0v) is 14.6. The molecule has 0 unspecified atom stereocenters. The fourth-order valence-corrected chi connectivity index (χ4v) is 2.22. The van der Waals surface area contributed by atoms with Crippen molar-refractivity contribution in [1.82, 2.24) is 5.32 Å². The summed E-state index contributed by atoms with van der Waals surface area (Å²) in [5.41, 5.74) is 0. The molecule has 0 bridgehead atoms. The molecule has 1 rings (SSSR count). The van der Waals surface area contributed by atoms with Crippen molar-refractivity contribution in [3.8, 4) is 0 Å². The molecule has 1 nitrogen and oxygen atoms in total. The molecule has 0 aliphatic carbocycles. The number of nitrogens with one attached hydrogen (secondary N) is 1. The van der Waals surface area contributed by atoms with Crippen molar-refractivity contribution in [2.75, 3.05) is 13.1 Å². The van der Waals surface area contributed by atoms with Crippen molar-refractivity contribution in [3.63, 3.8) is 0 Å². The molecule has 0 spiro atoms. The highest BCUT2D eigenvalue weighted by Gasteiger charge is 1.95. The third-order valence-corrected chi connectivity index (χ3v) is 3.21. The van der Waals surface area contributed by atoms with Crippen LogP contribution in [0.25, 0.3) is 0 Å². The third kappa shape index (κ3) is 19.5. The lowest BCUT2D eigenvalue weighted by atomic mass is 10.1.